The molecule has 1 N–H and O–H groups in total. The van der Waals surface area contributed by atoms with Crippen molar-refractivity contribution in [2.45, 2.75) is 13.8 Å². The Bertz CT molecular complexity index is 1100. The minimum Gasteiger partial charge on any atom is -0.508 e. The number of halogens is 1. The average Bonchev–Trinajstić information content (AvgIpc) is 2.94. The summed E-state index contributed by atoms with van der Waals surface area (Å²) in [6.45, 7) is 3.91. The largest absolute Gasteiger partial charge is 0.508 e. The van der Waals surface area contributed by atoms with Gasteiger partial charge in [0.25, 0.3) is 0 Å². The first-order valence-electron chi connectivity index (χ1n) is 8.28. The molecule has 3 aromatic carbocycles. The Kier molecular flexibility index (Phi) is 4.13. The van der Waals surface area contributed by atoms with E-state index in [0.29, 0.717) is 0 Å². The van der Waals surface area contributed by atoms with E-state index >= 15 is 0 Å². The van der Waals surface area contributed by atoms with Gasteiger partial charge in [-0.3, -0.25) is 0 Å². The molecule has 0 aliphatic rings. The molecule has 1 aromatic heterocycles. The Balaban J connectivity index is 1.92. The maximum atomic E-state index is 13.5. The summed E-state index contributed by atoms with van der Waals surface area (Å²) in [5.74, 6) is 1.42. The van der Waals surface area contributed by atoms with Crippen molar-refractivity contribution in [2.24, 2.45) is 0 Å². The monoisotopic (exact) mass is 364 g/mol. The van der Waals surface area contributed by atoms with E-state index in [2.05, 4.69) is 0 Å². The van der Waals surface area contributed by atoms with Crippen LogP contribution in [-0.4, -0.2) is 5.11 Å². The topological polar surface area (TPSA) is 29.5 Å². The normalized spacial score (nSPS) is 11.0. The maximum absolute atomic E-state index is 13.5. The molecule has 130 valence electrons. The van der Waals surface area contributed by atoms with E-state index in [9.17, 15) is 9.50 Å². The van der Waals surface area contributed by atoms with Crippen molar-refractivity contribution in [1.29, 1.82) is 0 Å². The van der Waals surface area contributed by atoms with Crippen LogP contribution in [0.4, 0.5) is 4.39 Å². The van der Waals surface area contributed by atoms with E-state index in [-0.39, 0.29) is 11.6 Å². The van der Waals surface area contributed by atoms with E-state index in [1.165, 1.54) is 23.5 Å². The molecule has 0 unspecified atom stereocenters. The fourth-order valence-electron chi connectivity index (χ4n) is 2.95. The predicted octanol–water partition coefficient (Wildman–Crippen LogP) is 6.82. The van der Waals surface area contributed by atoms with Crippen LogP contribution < -0.4 is 4.74 Å². The second-order valence-corrected chi connectivity index (χ2v) is 7.37. The standard InChI is InChI=1S/C22H17FO2S/c1-13-3-7-17(8-4-13)25-21-19-10-6-16(24)12-20(19)26-22(21)18-9-5-15(23)11-14(18)2/h3-12,24H,1-2H3. The van der Waals surface area contributed by atoms with Crippen molar-refractivity contribution in [3.63, 3.8) is 0 Å². The first kappa shape index (κ1) is 16.6. The van der Waals surface area contributed by atoms with E-state index in [1.807, 2.05) is 44.2 Å². The van der Waals surface area contributed by atoms with Gasteiger partial charge in [-0.25, -0.2) is 4.39 Å². The van der Waals surface area contributed by atoms with Gasteiger partial charge in [-0.2, -0.15) is 0 Å². The maximum Gasteiger partial charge on any atom is 0.153 e. The number of hydrogen-bond acceptors (Lipinski definition) is 3. The fourth-order valence-corrected chi connectivity index (χ4v) is 4.20. The molecule has 0 spiro atoms. The lowest BCUT2D eigenvalue weighted by Gasteiger charge is -2.10. The summed E-state index contributed by atoms with van der Waals surface area (Å²) in [6, 6.07) is 17.8. The summed E-state index contributed by atoms with van der Waals surface area (Å²) in [7, 11) is 0. The van der Waals surface area contributed by atoms with Gasteiger partial charge in [0.1, 0.15) is 17.3 Å². The molecule has 4 heteroatoms. The van der Waals surface area contributed by atoms with Gasteiger partial charge in [-0.15, -0.1) is 11.3 Å². The Morgan fingerprint density at radius 2 is 1.69 bits per heavy atom. The van der Waals surface area contributed by atoms with Gasteiger partial charge in [-0.1, -0.05) is 23.8 Å². The quantitative estimate of drug-likeness (QED) is 0.432. The summed E-state index contributed by atoms with van der Waals surface area (Å²) in [4.78, 5) is 0.920. The number of aromatic hydroxyl groups is 1. The second-order valence-electron chi connectivity index (χ2n) is 6.32. The molecule has 26 heavy (non-hydrogen) atoms. The zero-order chi connectivity index (χ0) is 18.3. The lowest BCUT2D eigenvalue weighted by molar-refractivity contribution is 0.476. The van der Waals surface area contributed by atoms with Crippen molar-refractivity contribution in [2.75, 3.05) is 0 Å². The highest BCUT2D eigenvalue weighted by Crippen LogP contribution is 2.47. The third-order valence-corrected chi connectivity index (χ3v) is 5.47. The number of rotatable bonds is 3. The molecule has 2 nitrogen and oxygen atoms in total. The van der Waals surface area contributed by atoms with Crippen molar-refractivity contribution < 1.29 is 14.2 Å². The summed E-state index contributed by atoms with van der Waals surface area (Å²) >= 11 is 1.53. The van der Waals surface area contributed by atoms with Crippen molar-refractivity contribution in [1.82, 2.24) is 0 Å². The SMILES string of the molecule is Cc1ccc(Oc2c(-c3ccc(F)cc3C)sc3cc(O)ccc23)cc1. The van der Waals surface area contributed by atoms with Crippen LogP contribution in [0.15, 0.2) is 60.7 Å². The summed E-state index contributed by atoms with van der Waals surface area (Å²) in [6.07, 6.45) is 0. The fraction of sp³-hybridized carbons (Fsp3) is 0.0909. The molecule has 0 fully saturated rings. The number of phenols is 1. The number of phenolic OH excluding ortho intramolecular Hbond substituents is 1. The molecule has 4 rings (SSSR count). The number of aryl methyl sites for hydroxylation is 2. The minimum absolute atomic E-state index is 0.211. The Hall–Kier alpha value is -2.85. The third kappa shape index (κ3) is 3.04. The molecule has 0 atom stereocenters. The molecular formula is C22H17FO2S. The molecule has 0 saturated carbocycles. The number of hydrogen-bond donors (Lipinski definition) is 1. The highest BCUT2D eigenvalue weighted by molar-refractivity contribution is 7.22. The lowest BCUT2D eigenvalue weighted by Crippen LogP contribution is -1.88. The van der Waals surface area contributed by atoms with E-state index in [0.717, 1.165) is 43.2 Å². The Morgan fingerprint density at radius 3 is 2.42 bits per heavy atom. The lowest BCUT2D eigenvalue weighted by atomic mass is 10.1. The highest BCUT2D eigenvalue weighted by Gasteiger charge is 2.18. The molecule has 0 bridgehead atoms. The summed E-state index contributed by atoms with van der Waals surface area (Å²) in [5.41, 5.74) is 2.93. The molecule has 0 saturated heterocycles. The third-order valence-electron chi connectivity index (χ3n) is 4.30. The van der Waals surface area contributed by atoms with Gasteiger partial charge in [0, 0.05) is 10.1 Å². The van der Waals surface area contributed by atoms with Crippen LogP contribution in [0, 0.1) is 19.7 Å². The number of ether oxygens (including phenoxy) is 1. The molecule has 0 amide bonds. The first-order chi connectivity index (χ1) is 12.5. The van der Waals surface area contributed by atoms with Gasteiger partial charge in [0.05, 0.1) is 4.88 Å². The van der Waals surface area contributed by atoms with E-state index < -0.39 is 0 Å². The summed E-state index contributed by atoms with van der Waals surface area (Å²) < 4.78 is 20.7. The van der Waals surface area contributed by atoms with Crippen LogP contribution in [0.2, 0.25) is 0 Å². The van der Waals surface area contributed by atoms with E-state index in [4.69, 9.17) is 4.74 Å². The molecule has 0 aliphatic heterocycles. The van der Waals surface area contributed by atoms with Gasteiger partial charge < -0.3 is 9.84 Å². The molecule has 0 aliphatic carbocycles. The molecule has 1 heterocycles. The minimum atomic E-state index is -0.258. The second kappa shape index (κ2) is 6.46. The molecule has 4 aromatic rings. The van der Waals surface area contributed by atoms with Crippen molar-refractivity contribution in [3.8, 4) is 27.7 Å². The van der Waals surface area contributed by atoms with Crippen LogP contribution in [-0.2, 0) is 0 Å². The number of benzene rings is 3. The Labute approximate surface area is 155 Å². The van der Waals surface area contributed by atoms with Crippen LogP contribution in [0.25, 0.3) is 20.5 Å². The average molecular weight is 364 g/mol. The zero-order valence-electron chi connectivity index (χ0n) is 14.4. The smallest absolute Gasteiger partial charge is 0.153 e. The zero-order valence-corrected chi connectivity index (χ0v) is 15.2. The van der Waals surface area contributed by atoms with Crippen LogP contribution in [0.1, 0.15) is 11.1 Å². The van der Waals surface area contributed by atoms with Crippen LogP contribution >= 0.6 is 11.3 Å². The van der Waals surface area contributed by atoms with Gasteiger partial charge in [0.2, 0.25) is 0 Å². The molecular weight excluding hydrogens is 347 g/mol. The van der Waals surface area contributed by atoms with Gasteiger partial charge in [0.15, 0.2) is 5.75 Å². The van der Waals surface area contributed by atoms with Gasteiger partial charge in [-0.05, 0) is 67.4 Å². The Morgan fingerprint density at radius 1 is 0.923 bits per heavy atom. The number of thiophene rings is 1. The summed E-state index contributed by atoms with van der Waals surface area (Å²) in [5, 5.41) is 10.8. The van der Waals surface area contributed by atoms with Crippen LogP contribution in [0.3, 0.4) is 0 Å². The van der Waals surface area contributed by atoms with Gasteiger partial charge >= 0.3 is 0 Å². The predicted molar refractivity (Wildman–Crippen MR) is 105 cm³/mol. The van der Waals surface area contributed by atoms with Crippen LogP contribution in [0.5, 0.6) is 17.2 Å². The molecule has 0 radical (unpaired) electrons. The number of fused-ring (bicyclic) bond motifs is 1. The van der Waals surface area contributed by atoms with Crippen molar-refractivity contribution in [3.05, 3.63) is 77.6 Å². The first-order valence-corrected chi connectivity index (χ1v) is 9.09. The van der Waals surface area contributed by atoms with Crippen molar-refractivity contribution >= 4 is 21.4 Å². The van der Waals surface area contributed by atoms with E-state index in [1.54, 1.807) is 18.2 Å². The highest BCUT2D eigenvalue weighted by atomic mass is 32.1.